The van der Waals surface area contributed by atoms with Crippen LogP contribution in [0.25, 0.3) is 6.08 Å². The van der Waals surface area contributed by atoms with Gasteiger partial charge in [0.05, 0.1) is 4.92 Å². The first-order valence-corrected chi connectivity index (χ1v) is 8.51. The van der Waals surface area contributed by atoms with Crippen molar-refractivity contribution >= 4 is 29.0 Å². The molecule has 0 aromatic heterocycles. The second-order valence-electron chi connectivity index (χ2n) is 5.70. The van der Waals surface area contributed by atoms with Crippen molar-refractivity contribution in [3.8, 4) is 6.07 Å². The first-order chi connectivity index (χ1) is 13.0. The Bertz CT molecular complexity index is 894. The van der Waals surface area contributed by atoms with Crippen LogP contribution in [0.4, 0.5) is 17.1 Å². The molecule has 0 atom stereocenters. The zero-order chi connectivity index (χ0) is 19.8. The van der Waals surface area contributed by atoms with Gasteiger partial charge in [0, 0.05) is 36.6 Å². The maximum atomic E-state index is 12.3. The van der Waals surface area contributed by atoms with Crippen LogP contribution in [0.1, 0.15) is 19.4 Å². The summed E-state index contributed by atoms with van der Waals surface area (Å²) in [5.41, 5.74) is 1.82. The minimum absolute atomic E-state index is 0.0860. The van der Waals surface area contributed by atoms with E-state index in [0.717, 1.165) is 24.3 Å². The number of nitriles is 1. The summed E-state index contributed by atoms with van der Waals surface area (Å²) in [4.78, 5) is 24.8. The third-order valence-corrected chi connectivity index (χ3v) is 4.01. The average molecular weight is 364 g/mol. The summed E-state index contributed by atoms with van der Waals surface area (Å²) in [7, 11) is 0. The van der Waals surface area contributed by atoms with Crippen molar-refractivity contribution in [2.75, 3.05) is 23.3 Å². The molecule has 1 amide bonds. The predicted octanol–water partition coefficient (Wildman–Crippen LogP) is 3.99. The van der Waals surface area contributed by atoms with E-state index in [2.05, 4.69) is 24.1 Å². The largest absolute Gasteiger partial charge is 0.372 e. The summed E-state index contributed by atoms with van der Waals surface area (Å²) in [6.45, 7) is 5.92. The molecule has 0 radical (unpaired) electrons. The van der Waals surface area contributed by atoms with Crippen LogP contribution in [0.15, 0.2) is 54.1 Å². The summed E-state index contributed by atoms with van der Waals surface area (Å²) in [6.07, 6.45) is 1.48. The summed E-state index contributed by atoms with van der Waals surface area (Å²) < 4.78 is 0. The van der Waals surface area contributed by atoms with Crippen LogP contribution >= 0.6 is 0 Å². The first kappa shape index (κ1) is 19.7. The average Bonchev–Trinajstić information content (AvgIpc) is 2.68. The van der Waals surface area contributed by atoms with Crippen molar-refractivity contribution in [3.63, 3.8) is 0 Å². The number of amides is 1. The molecule has 7 heteroatoms. The van der Waals surface area contributed by atoms with Gasteiger partial charge >= 0.3 is 0 Å². The van der Waals surface area contributed by atoms with Crippen LogP contribution in [0.3, 0.4) is 0 Å². The summed E-state index contributed by atoms with van der Waals surface area (Å²) in [6, 6.07) is 15.0. The Morgan fingerprint density at radius 2 is 1.89 bits per heavy atom. The number of benzene rings is 2. The molecule has 0 aliphatic carbocycles. The molecule has 0 saturated heterocycles. The number of nitrogens with zero attached hydrogens (tertiary/aromatic N) is 3. The molecule has 1 N–H and O–H groups in total. The third-order valence-electron chi connectivity index (χ3n) is 4.01. The lowest BCUT2D eigenvalue weighted by molar-refractivity contribution is -0.384. The van der Waals surface area contributed by atoms with Gasteiger partial charge in [0.1, 0.15) is 11.6 Å². The van der Waals surface area contributed by atoms with E-state index >= 15 is 0 Å². The molecule has 0 heterocycles. The van der Waals surface area contributed by atoms with E-state index in [0.29, 0.717) is 0 Å². The van der Waals surface area contributed by atoms with E-state index in [1.165, 1.54) is 30.3 Å². The van der Waals surface area contributed by atoms with Crippen molar-refractivity contribution in [2.45, 2.75) is 13.8 Å². The van der Waals surface area contributed by atoms with Gasteiger partial charge in [-0.05, 0) is 43.7 Å². The number of carbonyl (C=O) groups is 1. The fraction of sp³-hybridized carbons (Fsp3) is 0.200. The van der Waals surface area contributed by atoms with Crippen molar-refractivity contribution in [1.82, 2.24) is 0 Å². The number of hydrogen-bond donors (Lipinski definition) is 1. The van der Waals surface area contributed by atoms with Crippen LogP contribution in [0, 0.1) is 21.4 Å². The number of rotatable bonds is 7. The molecule has 2 rings (SSSR count). The highest BCUT2D eigenvalue weighted by Crippen LogP contribution is 2.19. The molecule has 0 spiro atoms. The lowest BCUT2D eigenvalue weighted by Crippen LogP contribution is -2.21. The van der Waals surface area contributed by atoms with Crippen LogP contribution < -0.4 is 10.2 Å². The second kappa shape index (κ2) is 9.15. The lowest BCUT2D eigenvalue weighted by atomic mass is 10.1. The maximum Gasteiger partial charge on any atom is 0.271 e. The molecule has 27 heavy (non-hydrogen) atoms. The fourth-order valence-corrected chi connectivity index (χ4v) is 2.58. The highest BCUT2D eigenvalue weighted by atomic mass is 16.6. The second-order valence-corrected chi connectivity index (χ2v) is 5.70. The third kappa shape index (κ3) is 5.16. The Kier molecular flexibility index (Phi) is 6.67. The number of hydrogen-bond acceptors (Lipinski definition) is 5. The Morgan fingerprint density at radius 3 is 2.44 bits per heavy atom. The standard InChI is InChI=1S/C20H20N4O3/c1-3-23(4-2)18-10-8-15(9-11-18)12-16(14-21)20(25)22-17-6-5-7-19(13-17)24(26)27/h5-13H,3-4H2,1-2H3,(H,22,25)/b16-12+. The molecule has 0 aliphatic heterocycles. The van der Waals surface area contributed by atoms with Crippen molar-refractivity contribution in [2.24, 2.45) is 0 Å². The maximum absolute atomic E-state index is 12.3. The molecule has 138 valence electrons. The quantitative estimate of drug-likeness (QED) is 0.347. The Balaban J connectivity index is 2.18. The molecule has 0 saturated carbocycles. The van der Waals surface area contributed by atoms with Gasteiger partial charge in [-0.25, -0.2) is 0 Å². The molecule has 0 aliphatic rings. The fourth-order valence-electron chi connectivity index (χ4n) is 2.58. The predicted molar refractivity (Wildman–Crippen MR) is 105 cm³/mol. The summed E-state index contributed by atoms with van der Waals surface area (Å²) >= 11 is 0. The van der Waals surface area contributed by atoms with Gasteiger partial charge in [0.2, 0.25) is 0 Å². The van der Waals surface area contributed by atoms with Crippen LogP contribution in [0.2, 0.25) is 0 Å². The van der Waals surface area contributed by atoms with Gasteiger partial charge in [-0.3, -0.25) is 14.9 Å². The van der Waals surface area contributed by atoms with Gasteiger partial charge in [-0.1, -0.05) is 18.2 Å². The SMILES string of the molecule is CCN(CC)c1ccc(/C=C(\C#N)C(=O)Nc2cccc([N+](=O)[O-])c2)cc1. The molecule has 0 bridgehead atoms. The zero-order valence-electron chi connectivity index (χ0n) is 15.2. The molecule has 2 aromatic rings. The van der Waals surface area contributed by atoms with E-state index < -0.39 is 10.8 Å². The summed E-state index contributed by atoms with van der Waals surface area (Å²) in [5.74, 6) is -0.620. The lowest BCUT2D eigenvalue weighted by Gasteiger charge is -2.20. The van der Waals surface area contributed by atoms with Gasteiger partial charge in [-0.2, -0.15) is 5.26 Å². The van der Waals surface area contributed by atoms with E-state index in [-0.39, 0.29) is 16.9 Å². The topological polar surface area (TPSA) is 99.3 Å². The van der Waals surface area contributed by atoms with Crippen LogP contribution in [0.5, 0.6) is 0 Å². The Morgan fingerprint density at radius 1 is 1.22 bits per heavy atom. The van der Waals surface area contributed by atoms with Gasteiger partial charge in [-0.15, -0.1) is 0 Å². The smallest absolute Gasteiger partial charge is 0.271 e. The molecular weight excluding hydrogens is 344 g/mol. The molecule has 0 fully saturated rings. The number of carbonyl (C=O) groups excluding carboxylic acids is 1. The number of nitro benzene ring substituents is 1. The first-order valence-electron chi connectivity index (χ1n) is 8.51. The van der Waals surface area contributed by atoms with E-state index in [4.69, 9.17) is 0 Å². The molecule has 2 aromatic carbocycles. The van der Waals surface area contributed by atoms with Crippen molar-refractivity contribution in [1.29, 1.82) is 5.26 Å². The van der Waals surface area contributed by atoms with E-state index in [1.54, 1.807) is 0 Å². The number of anilines is 2. The highest BCUT2D eigenvalue weighted by molar-refractivity contribution is 6.09. The van der Waals surface area contributed by atoms with Gasteiger partial charge < -0.3 is 10.2 Å². The van der Waals surface area contributed by atoms with Crippen LogP contribution in [-0.2, 0) is 4.79 Å². The molecule has 0 unspecified atom stereocenters. The van der Waals surface area contributed by atoms with Gasteiger partial charge in [0.15, 0.2) is 0 Å². The minimum Gasteiger partial charge on any atom is -0.372 e. The monoisotopic (exact) mass is 364 g/mol. The normalized spacial score (nSPS) is 10.8. The molecular formula is C20H20N4O3. The molecule has 7 nitrogen and oxygen atoms in total. The summed E-state index contributed by atoms with van der Waals surface area (Å²) in [5, 5.41) is 22.6. The number of nitrogens with one attached hydrogen (secondary N) is 1. The highest BCUT2D eigenvalue weighted by Gasteiger charge is 2.12. The Labute approximate surface area is 157 Å². The minimum atomic E-state index is -0.620. The number of non-ortho nitro benzene ring substituents is 1. The Hall–Kier alpha value is -3.66. The van der Waals surface area contributed by atoms with Crippen molar-refractivity contribution < 1.29 is 9.72 Å². The number of nitro groups is 1. The van der Waals surface area contributed by atoms with Crippen molar-refractivity contribution in [3.05, 3.63) is 69.8 Å². The zero-order valence-corrected chi connectivity index (χ0v) is 15.2. The van der Waals surface area contributed by atoms with Gasteiger partial charge in [0.25, 0.3) is 11.6 Å². The van der Waals surface area contributed by atoms with E-state index in [1.807, 2.05) is 30.3 Å². The van der Waals surface area contributed by atoms with Crippen LogP contribution in [-0.4, -0.2) is 23.9 Å². The van der Waals surface area contributed by atoms with E-state index in [9.17, 15) is 20.2 Å².